The van der Waals surface area contributed by atoms with Crippen LogP contribution in [0.25, 0.3) is 0 Å². The fraction of sp³-hybridized carbons (Fsp3) is 0.333. The number of rotatable bonds is 3. The number of anilines is 1. The second kappa shape index (κ2) is 4.63. The maximum atomic E-state index is 5.73. The second-order valence-corrected chi connectivity index (χ2v) is 5.75. The number of thiophene rings is 1. The molecule has 2 aromatic heterocycles. The lowest BCUT2D eigenvalue weighted by atomic mass is 10.2. The van der Waals surface area contributed by atoms with Crippen LogP contribution in [0.5, 0.6) is 0 Å². The van der Waals surface area contributed by atoms with Crippen molar-refractivity contribution in [1.29, 1.82) is 0 Å². The Morgan fingerprint density at radius 3 is 2.88 bits per heavy atom. The van der Waals surface area contributed by atoms with E-state index < -0.39 is 0 Å². The van der Waals surface area contributed by atoms with Crippen molar-refractivity contribution in [2.24, 2.45) is 0 Å². The molecule has 0 saturated heterocycles. The summed E-state index contributed by atoms with van der Waals surface area (Å²) in [5, 5.41) is 3.77. The number of aryl methyl sites for hydroxylation is 2. The normalized spacial score (nSPS) is 13.7. The summed E-state index contributed by atoms with van der Waals surface area (Å²) in [6.07, 6.45) is 7.01. The molecule has 0 radical (unpaired) electrons. The van der Waals surface area contributed by atoms with Crippen molar-refractivity contribution < 1.29 is 0 Å². The van der Waals surface area contributed by atoms with Gasteiger partial charge in [-0.1, -0.05) is 11.6 Å². The third-order valence-corrected chi connectivity index (χ3v) is 4.27. The van der Waals surface area contributed by atoms with Gasteiger partial charge >= 0.3 is 0 Å². The molecule has 1 N–H and O–H groups in total. The van der Waals surface area contributed by atoms with Crippen molar-refractivity contribution in [3.8, 4) is 0 Å². The Kier molecular flexibility index (Phi) is 2.99. The minimum atomic E-state index is 0.561. The van der Waals surface area contributed by atoms with Crippen LogP contribution in [-0.2, 0) is 19.4 Å². The van der Waals surface area contributed by atoms with Crippen molar-refractivity contribution in [2.75, 3.05) is 5.32 Å². The quantitative estimate of drug-likeness (QED) is 0.925. The molecule has 2 aromatic rings. The van der Waals surface area contributed by atoms with Gasteiger partial charge < -0.3 is 5.32 Å². The Hall–Kier alpha value is -1.13. The lowest BCUT2D eigenvalue weighted by Gasteiger charge is -2.02. The van der Waals surface area contributed by atoms with Crippen LogP contribution in [-0.4, -0.2) is 9.97 Å². The summed E-state index contributed by atoms with van der Waals surface area (Å²) in [6.45, 7) is 0.791. The van der Waals surface area contributed by atoms with Crippen molar-refractivity contribution >= 4 is 28.9 Å². The molecule has 0 spiro atoms. The third-order valence-electron chi connectivity index (χ3n) is 2.84. The minimum Gasteiger partial charge on any atom is -0.349 e. The van der Waals surface area contributed by atoms with Crippen LogP contribution in [0.4, 0.5) is 5.95 Å². The van der Waals surface area contributed by atoms with Crippen LogP contribution in [0.2, 0.25) is 5.02 Å². The molecule has 0 amide bonds. The van der Waals surface area contributed by atoms with Crippen molar-refractivity contribution in [3.63, 3.8) is 0 Å². The van der Waals surface area contributed by atoms with E-state index in [4.69, 9.17) is 11.6 Å². The van der Waals surface area contributed by atoms with E-state index >= 15 is 0 Å². The molecule has 2 heterocycles. The Morgan fingerprint density at radius 1 is 1.29 bits per heavy atom. The lowest BCUT2D eigenvalue weighted by Crippen LogP contribution is -2.01. The van der Waals surface area contributed by atoms with Gasteiger partial charge in [-0.25, -0.2) is 9.97 Å². The SMILES string of the molecule is Clc1cnc(NCc2cc3c(s2)CCC3)nc1. The first-order valence-corrected chi connectivity index (χ1v) is 6.82. The predicted molar refractivity (Wildman–Crippen MR) is 70.7 cm³/mol. The summed E-state index contributed by atoms with van der Waals surface area (Å²) in [5.74, 6) is 0.628. The van der Waals surface area contributed by atoms with Gasteiger partial charge in [-0.05, 0) is 30.9 Å². The minimum absolute atomic E-state index is 0.561. The molecule has 17 heavy (non-hydrogen) atoms. The number of nitrogens with one attached hydrogen (secondary N) is 1. The average molecular weight is 266 g/mol. The van der Waals surface area contributed by atoms with Crippen LogP contribution in [0.3, 0.4) is 0 Å². The number of fused-ring (bicyclic) bond motifs is 1. The highest BCUT2D eigenvalue weighted by molar-refractivity contribution is 7.12. The molecule has 0 unspecified atom stereocenters. The van der Waals surface area contributed by atoms with Gasteiger partial charge in [0.1, 0.15) is 0 Å². The highest BCUT2D eigenvalue weighted by atomic mass is 35.5. The molecular weight excluding hydrogens is 254 g/mol. The van der Waals surface area contributed by atoms with E-state index in [2.05, 4.69) is 21.4 Å². The third kappa shape index (κ3) is 2.42. The molecule has 1 aliphatic rings. The van der Waals surface area contributed by atoms with Crippen LogP contribution >= 0.6 is 22.9 Å². The zero-order chi connectivity index (χ0) is 11.7. The zero-order valence-electron chi connectivity index (χ0n) is 9.24. The number of hydrogen-bond donors (Lipinski definition) is 1. The molecule has 0 aliphatic heterocycles. The molecule has 1 aliphatic carbocycles. The molecule has 0 fully saturated rings. The molecule has 88 valence electrons. The van der Waals surface area contributed by atoms with Gasteiger partial charge in [-0.2, -0.15) is 0 Å². The Labute approximate surface area is 109 Å². The van der Waals surface area contributed by atoms with Crippen molar-refractivity contribution in [3.05, 3.63) is 38.8 Å². The molecule has 0 bridgehead atoms. The maximum Gasteiger partial charge on any atom is 0.222 e. The number of nitrogens with zero attached hydrogens (tertiary/aromatic N) is 2. The average Bonchev–Trinajstić information content (AvgIpc) is 2.88. The molecule has 3 rings (SSSR count). The molecule has 5 heteroatoms. The molecule has 0 atom stereocenters. The summed E-state index contributed by atoms with van der Waals surface area (Å²) in [5.41, 5.74) is 1.53. The number of aromatic nitrogens is 2. The van der Waals surface area contributed by atoms with E-state index in [-0.39, 0.29) is 0 Å². The van der Waals surface area contributed by atoms with Gasteiger partial charge in [0.05, 0.1) is 24.0 Å². The van der Waals surface area contributed by atoms with Crippen LogP contribution in [0.15, 0.2) is 18.5 Å². The van der Waals surface area contributed by atoms with Crippen LogP contribution in [0, 0.1) is 0 Å². The van der Waals surface area contributed by atoms with E-state index in [1.54, 1.807) is 17.3 Å². The highest BCUT2D eigenvalue weighted by Gasteiger charge is 2.14. The maximum absolute atomic E-state index is 5.73. The topological polar surface area (TPSA) is 37.8 Å². The van der Waals surface area contributed by atoms with Crippen LogP contribution < -0.4 is 5.32 Å². The van der Waals surface area contributed by atoms with Crippen LogP contribution in [0.1, 0.15) is 21.7 Å². The first-order chi connectivity index (χ1) is 8.31. The summed E-state index contributed by atoms with van der Waals surface area (Å²) in [6, 6.07) is 2.30. The van der Waals surface area contributed by atoms with Gasteiger partial charge in [0.15, 0.2) is 0 Å². The van der Waals surface area contributed by atoms with E-state index in [1.807, 2.05) is 11.3 Å². The smallest absolute Gasteiger partial charge is 0.222 e. The Balaban J connectivity index is 1.65. The van der Waals surface area contributed by atoms with E-state index in [0.717, 1.165) is 6.54 Å². The van der Waals surface area contributed by atoms with Gasteiger partial charge in [0, 0.05) is 9.75 Å². The first-order valence-electron chi connectivity index (χ1n) is 5.63. The van der Waals surface area contributed by atoms with Crippen molar-refractivity contribution in [1.82, 2.24) is 9.97 Å². The fourth-order valence-corrected chi connectivity index (χ4v) is 3.35. The fourth-order valence-electron chi connectivity index (χ4n) is 2.05. The van der Waals surface area contributed by atoms with Crippen molar-refractivity contribution in [2.45, 2.75) is 25.8 Å². The Bertz CT molecular complexity index is 500. The standard InChI is InChI=1S/C12H12ClN3S/c13-9-5-14-12(15-6-9)16-7-10-4-8-2-1-3-11(8)17-10/h4-6H,1-3,7H2,(H,14,15,16). The largest absolute Gasteiger partial charge is 0.349 e. The second-order valence-electron chi connectivity index (χ2n) is 4.09. The van der Waals surface area contributed by atoms with E-state index in [1.165, 1.54) is 29.7 Å². The molecule has 0 aromatic carbocycles. The van der Waals surface area contributed by atoms with Gasteiger partial charge in [-0.15, -0.1) is 11.3 Å². The first kappa shape index (κ1) is 11.0. The lowest BCUT2D eigenvalue weighted by molar-refractivity contribution is 0.913. The summed E-state index contributed by atoms with van der Waals surface area (Å²) in [7, 11) is 0. The number of halogens is 1. The highest BCUT2D eigenvalue weighted by Crippen LogP contribution is 2.30. The van der Waals surface area contributed by atoms with Gasteiger partial charge in [0.25, 0.3) is 0 Å². The summed E-state index contributed by atoms with van der Waals surface area (Å²) < 4.78 is 0. The molecule has 0 saturated carbocycles. The molecule has 3 nitrogen and oxygen atoms in total. The van der Waals surface area contributed by atoms with E-state index in [9.17, 15) is 0 Å². The Morgan fingerprint density at radius 2 is 2.12 bits per heavy atom. The van der Waals surface area contributed by atoms with E-state index in [0.29, 0.717) is 11.0 Å². The monoisotopic (exact) mass is 265 g/mol. The van der Waals surface area contributed by atoms with Gasteiger partial charge in [0.2, 0.25) is 5.95 Å². The molecular formula is C12H12ClN3S. The zero-order valence-corrected chi connectivity index (χ0v) is 10.8. The number of hydrogen-bond acceptors (Lipinski definition) is 4. The summed E-state index contributed by atoms with van der Waals surface area (Å²) >= 11 is 7.63. The predicted octanol–water partition coefficient (Wildman–Crippen LogP) is 3.29. The summed E-state index contributed by atoms with van der Waals surface area (Å²) in [4.78, 5) is 11.1. The van der Waals surface area contributed by atoms with Gasteiger partial charge in [-0.3, -0.25) is 0 Å².